The summed E-state index contributed by atoms with van der Waals surface area (Å²) in [6, 6.07) is 3.46. The molecule has 1 aliphatic rings. The van der Waals surface area contributed by atoms with Gasteiger partial charge in [-0.05, 0) is 44.0 Å². The SMILES string of the molecule is C=CCc1cc(/C=C2\C(=O)ON=C2C)cc(OCC)c1OCC(=O)O. The lowest BCUT2D eigenvalue weighted by Gasteiger charge is -2.16. The van der Waals surface area contributed by atoms with E-state index in [1.165, 1.54) is 0 Å². The van der Waals surface area contributed by atoms with Crippen LogP contribution in [0.2, 0.25) is 0 Å². The van der Waals surface area contributed by atoms with E-state index in [-0.39, 0.29) is 0 Å². The highest BCUT2D eigenvalue weighted by atomic mass is 16.7. The molecule has 1 aromatic rings. The number of carboxylic acids is 1. The van der Waals surface area contributed by atoms with Crippen molar-refractivity contribution in [3.05, 3.63) is 41.5 Å². The van der Waals surface area contributed by atoms with E-state index in [0.29, 0.717) is 46.9 Å². The Morgan fingerprint density at radius 2 is 2.16 bits per heavy atom. The van der Waals surface area contributed by atoms with E-state index in [1.807, 2.05) is 6.92 Å². The first-order valence-electron chi connectivity index (χ1n) is 7.69. The summed E-state index contributed by atoms with van der Waals surface area (Å²) in [6.45, 7) is 7.08. The highest BCUT2D eigenvalue weighted by molar-refractivity contribution is 6.24. The van der Waals surface area contributed by atoms with Crippen molar-refractivity contribution in [3.63, 3.8) is 0 Å². The fraction of sp³-hybridized carbons (Fsp3) is 0.278. The van der Waals surface area contributed by atoms with Crippen LogP contribution in [0, 0.1) is 0 Å². The van der Waals surface area contributed by atoms with E-state index in [0.717, 1.165) is 0 Å². The van der Waals surface area contributed by atoms with Gasteiger partial charge in [-0.25, -0.2) is 9.59 Å². The smallest absolute Gasteiger partial charge is 0.367 e. The Morgan fingerprint density at radius 1 is 1.40 bits per heavy atom. The van der Waals surface area contributed by atoms with Crippen LogP contribution in [0.3, 0.4) is 0 Å². The van der Waals surface area contributed by atoms with Crippen molar-refractivity contribution in [3.8, 4) is 11.5 Å². The van der Waals surface area contributed by atoms with Gasteiger partial charge in [0.15, 0.2) is 18.1 Å². The van der Waals surface area contributed by atoms with Crippen molar-refractivity contribution < 1.29 is 29.0 Å². The Bertz CT molecular complexity index is 763. The van der Waals surface area contributed by atoms with E-state index in [2.05, 4.69) is 16.6 Å². The van der Waals surface area contributed by atoms with Crippen LogP contribution in [-0.4, -0.2) is 36.0 Å². The third-order valence-corrected chi connectivity index (χ3v) is 3.34. The van der Waals surface area contributed by atoms with Gasteiger partial charge in [-0.2, -0.15) is 0 Å². The summed E-state index contributed by atoms with van der Waals surface area (Å²) in [5.74, 6) is -0.854. The maximum absolute atomic E-state index is 11.7. The van der Waals surface area contributed by atoms with Crippen LogP contribution in [0.15, 0.2) is 35.5 Å². The molecule has 1 aliphatic heterocycles. The summed E-state index contributed by atoms with van der Waals surface area (Å²) in [6.07, 6.45) is 3.76. The summed E-state index contributed by atoms with van der Waals surface area (Å²) < 4.78 is 11.0. The molecule has 7 nitrogen and oxygen atoms in total. The van der Waals surface area contributed by atoms with E-state index < -0.39 is 18.5 Å². The molecule has 1 heterocycles. The molecule has 0 fully saturated rings. The number of hydrogen-bond acceptors (Lipinski definition) is 6. The zero-order valence-electron chi connectivity index (χ0n) is 14.1. The van der Waals surface area contributed by atoms with Crippen LogP contribution in [0.4, 0.5) is 0 Å². The number of allylic oxidation sites excluding steroid dienone is 1. The van der Waals surface area contributed by atoms with Crippen LogP contribution in [0.5, 0.6) is 11.5 Å². The number of carboxylic acid groups (broad SMARTS) is 1. The molecule has 0 saturated carbocycles. The lowest BCUT2D eigenvalue weighted by atomic mass is 10.0. The molecule has 0 radical (unpaired) electrons. The van der Waals surface area contributed by atoms with Gasteiger partial charge in [0, 0.05) is 5.56 Å². The second kappa shape index (κ2) is 8.14. The summed E-state index contributed by atoms with van der Waals surface area (Å²) in [4.78, 5) is 27.2. The van der Waals surface area contributed by atoms with Gasteiger partial charge in [0.2, 0.25) is 0 Å². The molecule has 0 aromatic heterocycles. The van der Waals surface area contributed by atoms with Gasteiger partial charge in [0.25, 0.3) is 0 Å². The van der Waals surface area contributed by atoms with E-state index >= 15 is 0 Å². The molecular formula is C18H19NO6. The lowest BCUT2D eigenvalue weighted by molar-refractivity contribution is -0.139. The van der Waals surface area contributed by atoms with Gasteiger partial charge < -0.3 is 19.4 Å². The molecule has 0 unspecified atom stereocenters. The second-order valence-electron chi connectivity index (χ2n) is 5.23. The van der Waals surface area contributed by atoms with Crippen LogP contribution in [0.1, 0.15) is 25.0 Å². The highest BCUT2D eigenvalue weighted by Gasteiger charge is 2.22. The number of aliphatic carboxylic acids is 1. The van der Waals surface area contributed by atoms with Gasteiger partial charge in [-0.1, -0.05) is 11.2 Å². The van der Waals surface area contributed by atoms with E-state index in [1.54, 1.807) is 31.2 Å². The first-order chi connectivity index (χ1) is 12.0. The standard InChI is InChI=1S/C18H19NO6/c1-4-6-13-7-12(8-14-11(3)19-25-18(14)22)9-15(23-5-2)17(13)24-10-16(20)21/h4,7-9H,1,5-6,10H2,2-3H3,(H,20,21)/b14-8-. The number of oxime groups is 1. The Labute approximate surface area is 145 Å². The van der Waals surface area contributed by atoms with E-state index in [9.17, 15) is 9.59 Å². The average Bonchev–Trinajstić information content (AvgIpc) is 2.86. The van der Waals surface area contributed by atoms with Crippen LogP contribution in [0.25, 0.3) is 6.08 Å². The van der Waals surface area contributed by atoms with Crippen molar-refractivity contribution in [2.75, 3.05) is 13.2 Å². The largest absolute Gasteiger partial charge is 0.490 e. The molecule has 7 heteroatoms. The van der Waals surface area contributed by atoms with Gasteiger partial charge in [0.1, 0.15) is 0 Å². The number of ether oxygens (including phenoxy) is 2. The predicted molar refractivity (Wildman–Crippen MR) is 91.8 cm³/mol. The Morgan fingerprint density at radius 3 is 2.72 bits per heavy atom. The summed E-state index contributed by atoms with van der Waals surface area (Å²) >= 11 is 0. The molecule has 1 aromatic carbocycles. The van der Waals surface area contributed by atoms with Crippen LogP contribution < -0.4 is 9.47 Å². The monoisotopic (exact) mass is 345 g/mol. The predicted octanol–water partition coefficient (Wildman–Crippen LogP) is 2.59. The first-order valence-corrected chi connectivity index (χ1v) is 7.69. The average molecular weight is 345 g/mol. The van der Waals surface area contributed by atoms with Crippen LogP contribution >= 0.6 is 0 Å². The molecule has 2 rings (SSSR count). The van der Waals surface area contributed by atoms with Gasteiger partial charge >= 0.3 is 11.9 Å². The van der Waals surface area contributed by atoms with Crippen molar-refractivity contribution in [1.82, 2.24) is 0 Å². The minimum Gasteiger partial charge on any atom is -0.490 e. The Balaban J connectivity index is 2.50. The molecule has 25 heavy (non-hydrogen) atoms. The van der Waals surface area contributed by atoms with Gasteiger partial charge in [-0.3, -0.25) is 0 Å². The normalized spacial score (nSPS) is 14.9. The number of carbonyl (C=O) groups excluding carboxylic acids is 1. The first kappa shape index (κ1) is 18.3. The molecule has 1 N–H and O–H groups in total. The molecule has 0 spiro atoms. The zero-order valence-corrected chi connectivity index (χ0v) is 14.1. The number of nitrogens with zero attached hydrogens (tertiary/aromatic N) is 1. The molecule has 0 aliphatic carbocycles. The highest BCUT2D eigenvalue weighted by Crippen LogP contribution is 2.35. The molecule has 0 saturated heterocycles. The van der Waals surface area contributed by atoms with Gasteiger partial charge in [0.05, 0.1) is 17.9 Å². The molecule has 0 atom stereocenters. The van der Waals surface area contributed by atoms with Crippen molar-refractivity contribution in [2.24, 2.45) is 5.16 Å². The minimum absolute atomic E-state index is 0.352. The third kappa shape index (κ3) is 4.47. The molecule has 132 valence electrons. The molecule has 0 amide bonds. The topological polar surface area (TPSA) is 94.4 Å². The van der Waals surface area contributed by atoms with Gasteiger partial charge in [-0.15, -0.1) is 6.58 Å². The van der Waals surface area contributed by atoms with E-state index in [4.69, 9.17) is 14.6 Å². The van der Waals surface area contributed by atoms with Crippen LogP contribution in [-0.2, 0) is 20.8 Å². The maximum atomic E-state index is 11.7. The Hall–Kier alpha value is -3.09. The molecular weight excluding hydrogens is 326 g/mol. The minimum atomic E-state index is -1.08. The summed E-state index contributed by atoms with van der Waals surface area (Å²) in [7, 11) is 0. The van der Waals surface area contributed by atoms with Crippen molar-refractivity contribution in [1.29, 1.82) is 0 Å². The zero-order chi connectivity index (χ0) is 18.4. The number of rotatable bonds is 8. The van der Waals surface area contributed by atoms with Crippen molar-refractivity contribution in [2.45, 2.75) is 20.3 Å². The van der Waals surface area contributed by atoms with Crippen molar-refractivity contribution >= 4 is 23.7 Å². The molecule has 0 bridgehead atoms. The number of benzene rings is 1. The third-order valence-electron chi connectivity index (χ3n) is 3.34. The summed E-state index contributed by atoms with van der Waals surface area (Å²) in [5, 5.41) is 12.5. The fourth-order valence-electron chi connectivity index (χ4n) is 2.32. The quantitative estimate of drug-likeness (QED) is 0.442. The second-order valence-corrected chi connectivity index (χ2v) is 5.23. The Kier molecular flexibility index (Phi) is 5.94. The summed E-state index contributed by atoms with van der Waals surface area (Å²) in [5.41, 5.74) is 2.23. The number of hydrogen-bond donors (Lipinski definition) is 1. The maximum Gasteiger partial charge on any atom is 0.367 e. The fourth-order valence-corrected chi connectivity index (χ4v) is 2.32. The number of carbonyl (C=O) groups is 2. The lowest BCUT2D eigenvalue weighted by Crippen LogP contribution is -2.12.